The quantitative estimate of drug-likeness (QED) is 0.694. The Morgan fingerprint density at radius 1 is 1.26 bits per heavy atom. The maximum Gasteiger partial charge on any atom is 0.233 e. The van der Waals surface area contributed by atoms with E-state index < -0.39 is 0 Å². The predicted octanol–water partition coefficient (Wildman–Crippen LogP) is 0.375. The van der Waals surface area contributed by atoms with Gasteiger partial charge in [0.2, 0.25) is 5.91 Å². The van der Waals surface area contributed by atoms with Gasteiger partial charge in [-0.1, -0.05) is 23.1 Å². The van der Waals surface area contributed by atoms with Gasteiger partial charge in [0.1, 0.15) is 17.7 Å². The lowest BCUT2D eigenvalue weighted by atomic mass is 10.3. The van der Waals surface area contributed by atoms with Gasteiger partial charge >= 0.3 is 0 Å². The Kier molecular flexibility index (Phi) is 5.57. The number of carbonyl (C=O) groups excluding carboxylic acids is 1. The molecule has 0 unspecified atom stereocenters. The number of rotatable bonds is 6. The van der Waals surface area contributed by atoms with Crippen LogP contribution in [0.5, 0.6) is 0 Å². The summed E-state index contributed by atoms with van der Waals surface area (Å²) < 4.78 is 2.69. The molecule has 0 radical (unpaired) electrons. The van der Waals surface area contributed by atoms with Crippen LogP contribution in [0.1, 0.15) is 5.01 Å². The van der Waals surface area contributed by atoms with Crippen LogP contribution in [0.15, 0.2) is 17.0 Å². The Hall–Kier alpha value is -1.52. The lowest BCUT2D eigenvalue weighted by molar-refractivity contribution is -0.130. The Morgan fingerprint density at radius 2 is 2.09 bits per heavy atom. The molecule has 1 amide bonds. The molecule has 1 aliphatic rings. The highest BCUT2D eigenvalue weighted by atomic mass is 32.2. The number of aryl methyl sites for hydroxylation is 1. The third kappa shape index (κ3) is 4.72. The Bertz CT molecular complexity index is 622. The van der Waals surface area contributed by atoms with E-state index in [-0.39, 0.29) is 5.91 Å². The van der Waals surface area contributed by atoms with Gasteiger partial charge in [0.25, 0.3) is 0 Å². The van der Waals surface area contributed by atoms with Crippen LogP contribution in [-0.2, 0) is 11.3 Å². The minimum Gasteiger partial charge on any atom is -0.339 e. The first-order chi connectivity index (χ1) is 11.2. The SMILES string of the molecule is Cc1nnc(SCC(=O)N2CCN(CCn3cncn3)CC2)s1. The number of hydrogen-bond acceptors (Lipinski definition) is 8. The normalized spacial score (nSPS) is 16.0. The third-order valence-corrected chi connectivity index (χ3v) is 5.62. The molecule has 0 aliphatic carbocycles. The van der Waals surface area contributed by atoms with E-state index in [1.165, 1.54) is 23.1 Å². The van der Waals surface area contributed by atoms with Crippen LogP contribution in [-0.4, -0.2) is 79.1 Å². The van der Waals surface area contributed by atoms with Crippen LogP contribution in [0.25, 0.3) is 0 Å². The number of amides is 1. The van der Waals surface area contributed by atoms with Gasteiger partial charge in [0.05, 0.1) is 12.3 Å². The van der Waals surface area contributed by atoms with Crippen molar-refractivity contribution >= 4 is 29.0 Å². The van der Waals surface area contributed by atoms with Gasteiger partial charge < -0.3 is 4.90 Å². The first kappa shape index (κ1) is 16.3. The van der Waals surface area contributed by atoms with Crippen LogP contribution in [0.4, 0.5) is 0 Å². The fourth-order valence-electron chi connectivity index (χ4n) is 2.36. The van der Waals surface area contributed by atoms with Gasteiger partial charge in [-0.25, -0.2) is 4.98 Å². The molecule has 1 fully saturated rings. The van der Waals surface area contributed by atoms with E-state index >= 15 is 0 Å². The van der Waals surface area contributed by atoms with E-state index in [2.05, 4.69) is 25.2 Å². The Morgan fingerprint density at radius 3 is 2.74 bits per heavy atom. The van der Waals surface area contributed by atoms with Gasteiger partial charge in [0, 0.05) is 32.7 Å². The zero-order valence-corrected chi connectivity index (χ0v) is 14.6. The van der Waals surface area contributed by atoms with E-state index in [1.54, 1.807) is 12.7 Å². The van der Waals surface area contributed by atoms with Crippen LogP contribution >= 0.6 is 23.1 Å². The summed E-state index contributed by atoms with van der Waals surface area (Å²) in [5, 5.41) is 13.0. The van der Waals surface area contributed by atoms with E-state index in [1.807, 2.05) is 16.5 Å². The molecule has 1 aliphatic heterocycles. The third-order valence-electron chi connectivity index (χ3n) is 3.66. The van der Waals surface area contributed by atoms with Gasteiger partial charge in [-0.05, 0) is 6.92 Å². The molecule has 0 spiro atoms. The number of piperazine rings is 1. The van der Waals surface area contributed by atoms with Crippen LogP contribution in [0.3, 0.4) is 0 Å². The highest BCUT2D eigenvalue weighted by molar-refractivity contribution is 8.01. The maximum absolute atomic E-state index is 12.3. The van der Waals surface area contributed by atoms with E-state index in [0.29, 0.717) is 5.75 Å². The highest BCUT2D eigenvalue weighted by Crippen LogP contribution is 2.22. The molecule has 23 heavy (non-hydrogen) atoms. The monoisotopic (exact) mass is 353 g/mol. The summed E-state index contributed by atoms with van der Waals surface area (Å²) in [7, 11) is 0. The lowest BCUT2D eigenvalue weighted by Gasteiger charge is -2.34. The van der Waals surface area contributed by atoms with E-state index in [9.17, 15) is 4.79 Å². The predicted molar refractivity (Wildman–Crippen MR) is 88.4 cm³/mol. The Balaban J connectivity index is 1.37. The average Bonchev–Trinajstić information content (AvgIpc) is 3.22. The number of nitrogens with zero attached hydrogens (tertiary/aromatic N) is 7. The molecule has 0 saturated carbocycles. The zero-order chi connectivity index (χ0) is 16.1. The second-order valence-corrected chi connectivity index (χ2v) is 7.66. The van der Waals surface area contributed by atoms with Crippen molar-refractivity contribution in [3.63, 3.8) is 0 Å². The second kappa shape index (κ2) is 7.84. The van der Waals surface area contributed by atoms with Crippen molar-refractivity contribution < 1.29 is 4.79 Å². The number of thioether (sulfide) groups is 1. The van der Waals surface area contributed by atoms with Crippen LogP contribution < -0.4 is 0 Å². The van der Waals surface area contributed by atoms with Gasteiger partial charge in [-0.3, -0.25) is 14.4 Å². The summed E-state index contributed by atoms with van der Waals surface area (Å²) in [5.41, 5.74) is 0. The summed E-state index contributed by atoms with van der Waals surface area (Å²) in [6.45, 7) is 7.07. The molecule has 3 rings (SSSR count). The second-order valence-electron chi connectivity index (χ2n) is 5.26. The van der Waals surface area contributed by atoms with Crippen molar-refractivity contribution in [3.05, 3.63) is 17.7 Å². The zero-order valence-electron chi connectivity index (χ0n) is 13.0. The minimum atomic E-state index is 0.179. The molecule has 2 aromatic heterocycles. The van der Waals surface area contributed by atoms with Gasteiger partial charge in [0.15, 0.2) is 4.34 Å². The average molecular weight is 353 g/mol. The van der Waals surface area contributed by atoms with Crippen LogP contribution in [0.2, 0.25) is 0 Å². The Labute approximate surface area is 142 Å². The van der Waals surface area contributed by atoms with Crippen molar-refractivity contribution in [2.24, 2.45) is 0 Å². The van der Waals surface area contributed by atoms with E-state index in [4.69, 9.17) is 0 Å². The lowest BCUT2D eigenvalue weighted by Crippen LogP contribution is -2.49. The topological polar surface area (TPSA) is 80.0 Å². The first-order valence-corrected chi connectivity index (χ1v) is 9.26. The smallest absolute Gasteiger partial charge is 0.233 e. The van der Waals surface area contributed by atoms with E-state index in [0.717, 1.165) is 48.6 Å². The van der Waals surface area contributed by atoms with Crippen molar-refractivity contribution in [1.29, 1.82) is 0 Å². The number of aromatic nitrogens is 5. The molecule has 0 bridgehead atoms. The largest absolute Gasteiger partial charge is 0.339 e. The minimum absolute atomic E-state index is 0.179. The van der Waals surface area contributed by atoms with Gasteiger partial charge in [-0.15, -0.1) is 10.2 Å². The number of hydrogen-bond donors (Lipinski definition) is 0. The standard InChI is InChI=1S/C13H19N7OS2/c1-11-16-17-13(23-11)22-8-12(21)19-5-2-18(3-6-19)4-7-20-10-14-9-15-20/h9-10H,2-8H2,1H3. The molecule has 3 heterocycles. The molecule has 0 N–H and O–H groups in total. The molecular weight excluding hydrogens is 334 g/mol. The fourth-order valence-corrected chi connectivity index (χ4v) is 4.08. The summed E-state index contributed by atoms with van der Waals surface area (Å²) in [6, 6.07) is 0. The van der Waals surface area contributed by atoms with Crippen molar-refractivity contribution in [3.8, 4) is 0 Å². The summed E-state index contributed by atoms with van der Waals surface area (Å²) in [4.78, 5) is 20.5. The summed E-state index contributed by atoms with van der Waals surface area (Å²) in [6.07, 6.45) is 3.28. The summed E-state index contributed by atoms with van der Waals surface area (Å²) in [5.74, 6) is 0.618. The molecular formula is C13H19N7OS2. The molecule has 10 heteroatoms. The molecule has 2 aromatic rings. The van der Waals surface area contributed by atoms with Crippen molar-refractivity contribution in [2.45, 2.75) is 17.8 Å². The summed E-state index contributed by atoms with van der Waals surface area (Å²) >= 11 is 3.00. The maximum atomic E-state index is 12.3. The van der Waals surface area contributed by atoms with Gasteiger partial charge in [-0.2, -0.15) is 5.10 Å². The molecule has 8 nitrogen and oxygen atoms in total. The van der Waals surface area contributed by atoms with Crippen LogP contribution in [0, 0.1) is 6.92 Å². The highest BCUT2D eigenvalue weighted by Gasteiger charge is 2.21. The first-order valence-electron chi connectivity index (χ1n) is 7.46. The molecule has 1 saturated heterocycles. The molecule has 0 atom stereocenters. The molecule has 124 valence electrons. The number of carbonyl (C=O) groups is 1. The molecule has 0 aromatic carbocycles. The fraction of sp³-hybridized carbons (Fsp3) is 0.615. The van der Waals surface area contributed by atoms with Crippen molar-refractivity contribution in [2.75, 3.05) is 38.5 Å². The van der Waals surface area contributed by atoms with Crippen molar-refractivity contribution in [1.82, 2.24) is 34.8 Å².